The first-order chi connectivity index (χ1) is 14.6. The second-order valence-corrected chi connectivity index (χ2v) is 9.55. The van der Waals surface area contributed by atoms with Crippen LogP contribution in [0.3, 0.4) is 0 Å². The molecule has 30 heavy (non-hydrogen) atoms. The smallest absolute Gasteiger partial charge is 0.234 e. The van der Waals surface area contributed by atoms with Crippen molar-refractivity contribution in [2.45, 2.75) is 36.8 Å². The molecule has 0 radical (unpaired) electrons. The molecule has 1 saturated carbocycles. The summed E-state index contributed by atoms with van der Waals surface area (Å²) in [6.45, 7) is 1.55. The van der Waals surface area contributed by atoms with Gasteiger partial charge in [0, 0.05) is 29.3 Å². The van der Waals surface area contributed by atoms with E-state index < -0.39 is 0 Å². The fraction of sp³-hybridized carbons (Fsp3) is 0.429. The lowest BCUT2D eigenvalue weighted by Gasteiger charge is -2.32. The van der Waals surface area contributed by atoms with E-state index in [2.05, 4.69) is 41.7 Å². The molecule has 0 bridgehead atoms. The topological polar surface area (TPSA) is 87.2 Å². The van der Waals surface area contributed by atoms with Crippen LogP contribution in [0.2, 0.25) is 0 Å². The number of benzene rings is 1. The number of aromatic nitrogens is 2. The first-order valence-corrected chi connectivity index (χ1v) is 11.9. The molecule has 9 heteroatoms. The van der Waals surface area contributed by atoms with Crippen LogP contribution in [0, 0.1) is 5.92 Å². The third-order valence-corrected chi connectivity index (χ3v) is 6.59. The molecule has 2 aromatic rings. The minimum Gasteiger partial charge on any atom is -0.354 e. The van der Waals surface area contributed by atoms with Gasteiger partial charge < -0.3 is 15.5 Å². The van der Waals surface area contributed by atoms with Crippen molar-refractivity contribution in [2.75, 3.05) is 29.1 Å². The zero-order chi connectivity index (χ0) is 20.9. The summed E-state index contributed by atoms with van der Waals surface area (Å²) in [5.41, 5.74) is 0.760. The van der Waals surface area contributed by atoms with Gasteiger partial charge in [-0.15, -0.1) is 10.2 Å². The lowest BCUT2D eigenvalue weighted by atomic mass is 9.97. The number of hydrogen-bond acceptors (Lipinski definition) is 6. The first-order valence-electron chi connectivity index (χ1n) is 10.1. The number of carbonyl (C=O) groups excluding carboxylic acids is 2. The fourth-order valence-electron chi connectivity index (χ4n) is 3.37. The summed E-state index contributed by atoms with van der Waals surface area (Å²) >= 11 is 4.72. The van der Waals surface area contributed by atoms with Crippen LogP contribution in [0.1, 0.15) is 25.7 Å². The van der Waals surface area contributed by atoms with Gasteiger partial charge in [-0.25, -0.2) is 0 Å². The average Bonchev–Trinajstić information content (AvgIpc) is 3.58. The zero-order valence-corrected chi connectivity index (χ0v) is 18.9. The zero-order valence-electron chi connectivity index (χ0n) is 16.5. The van der Waals surface area contributed by atoms with E-state index in [0.717, 1.165) is 48.2 Å². The maximum atomic E-state index is 12.4. The van der Waals surface area contributed by atoms with Gasteiger partial charge in [-0.2, -0.15) is 0 Å². The van der Waals surface area contributed by atoms with Gasteiger partial charge in [0.05, 0.1) is 11.7 Å². The third kappa shape index (κ3) is 5.95. The van der Waals surface area contributed by atoms with Crippen LogP contribution in [0.5, 0.6) is 0 Å². The van der Waals surface area contributed by atoms with Gasteiger partial charge in [0.25, 0.3) is 0 Å². The molecule has 2 aliphatic rings. The van der Waals surface area contributed by atoms with Crippen molar-refractivity contribution in [3.63, 3.8) is 0 Å². The molecule has 1 aromatic heterocycles. The van der Waals surface area contributed by atoms with Crippen LogP contribution in [0.25, 0.3) is 0 Å². The number of nitrogens with one attached hydrogen (secondary N) is 2. The lowest BCUT2D eigenvalue weighted by Crippen LogP contribution is -2.44. The molecule has 2 amide bonds. The molecule has 1 aliphatic heterocycles. The quantitative estimate of drug-likeness (QED) is 0.579. The van der Waals surface area contributed by atoms with E-state index >= 15 is 0 Å². The highest BCUT2D eigenvalue weighted by atomic mass is 79.9. The van der Waals surface area contributed by atoms with Crippen molar-refractivity contribution >= 4 is 51.0 Å². The second-order valence-electron chi connectivity index (χ2n) is 7.64. The Labute approximate surface area is 188 Å². The van der Waals surface area contributed by atoms with Crippen LogP contribution >= 0.6 is 27.7 Å². The third-order valence-electron chi connectivity index (χ3n) is 5.15. The molecule has 158 valence electrons. The summed E-state index contributed by atoms with van der Waals surface area (Å²) < 4.78 is 0.966. The van der Waals surface area contributed by atoms with E-state index in [1.165, 1.54) is 11.8 Å². The highest BCUT2D eigenvalue weighted by molar-refractivity contribution is 9.10. The molecule has 1 atom stereocenters. The number of carbonyl (C=O) groups is 2. The van der Waals surface area contributed by atoms with Crippen LogP contribution in [-0.4, -0.2) is 46.9 Å². The SMILES string of the molecule is O=C(CSc1ccc(N2CCC[C@@H](C(=O)NC3CC3)C2)nn1)Nc1ccc(Br)cc1. The van der Waals surface area contributed by atoms with E-state index in [1.54, 1.807) is 0 Å². The molecule has 2 heterocycles. The number of halogens is 1. The number of hydrogen-bond donors (Lipinski definition) is 2. The number of anilines is 2. The van der Waals surface area contributed by atoms with Gasteiger partial charge in [0.15, 0.2) is 5.82 Å². The van der Waals surface area contributed by atoms with E-state index in [0.29, 0.717) is 17.6 Å². The fourth-order valence-corrected chi connectivity index (χ4v) is 4.25. The summed E-state index contributed by atoms with van der Waals surface area (Å²) in [4.78, 5) is 26.6. The van der Waals surface area contributed by atoms with Crippen LogP contribution < -0.4 is 15.5 Å². The van der Waals surface area contributed by atoms with Gasteiger partial charge in [0.1, 0.15) is 5.03 Å². The van der Waals surface area contributed by atoms with Crippen molar-refractivity contribution in [1.29, 1.82) is 0 Å². The molecule has 7 nitrogen and oxygen atoms in total. The van der Waals surface area contributed by atoms with Gasteiger partial charge in [-0.3, -0.25) is 9.59 Å². The summed E-state index contributed by atoms with van der Waals surface area (Å²) in [7, 11) is 0. The van der Waals surface area contributed by atoms with Crippen LogP contribution in [0.4, 0.5) is 11.5 Å². The Hall–Kier alpha value is -2.13. The molecule has 2 N–H and O–H groups in total. The molecule has 1 saturated heterocycles. The number of nitrogens with zero attached hydrogens (tertiary/aromatic N) is 3. The number of amides is 2. The van der Waals surface area contributed by atoms with Gasteiger partial charge in [-0.1, -0.05) is 27.7 Å². The number of piperidine rings is 1. The standard InChI is InChI=1S/C21H24BrN5O2S/c22-15-3-5-16(6-4-15)23-19(28)13-30-20-10-9-18(25-26-20)27-11-1-2-14(12-27)21(29)24-17-7-8-17/h3-6,9-10,14,17H,1-2,7-8,11-13H2,(H,23,28)(H,24,29)/t14-/m1/s1. The first kappa shape index (κ1) is 21.1. The van der Waals surface area contributed by atoms with Crippen LogP contribution in [-0.2, 0) is 9.59 Å². The Bertz CT molecular complexity index is 889. The number of thioether (sulfide) groups is 1. The van der Waals surface area contributed by atoms with E-state index in [-0.39, 0.29) is 23.5 Å². The minimum absolute atomic E-state index is 0.0116. The normalized spacial score (nSPS) is 18.7. The Balaban J connectivity index is 1.26. The molecule has 4 rings (SSSR count). The largest absolute Gasteiger partial charge is 0.354 e. The predicted octanol–water partition coefficient (Wildman–Crippen LogP) is 3.46. The van der Waals surface area contributed by atoms with Crippen molar-refractivity contribution < 1.29 is 9.59 Å². The molecule has 1 aliphatic carbocycles. The van der Waals surface area contributed by atoms with Gasteiger partial charge in [-0.05, 0) is 62.1 Å². The highest BCUT2D eigenvalue weighted by Gasteiger charge is 2.30. The molecule has 1 aromatic carbocycles. The molecule has 0 unspecified atom stereocenters. The maximum absolute atomic E-state index is 12.4. The Morgan fingerprint density at radius 3 is 2.60 bits per heavy atom. The van der Waals surface area contributed by atoms with Crippen LogP contribution in [0.15, 0.2) is 45.9 Å². The number of rotatable bonds is 7. The summed E-state index contributed by atoms with van der Waals surface area (Å²) in [5, 5.41) is 15.3. The lowest BCUT2D eigenvalue weighted by molar-refractivity contribution is -0.125. The van der Waals surface area contributed by atoms with E-state index in [1.807, 2.05) is 36.4 Å². The molecule has 2 fully saturated rings. The Morgan fingerprint density at radius 1 is 1.10 bits per heavy atom. The summed E-state index contributed by atoms with van der Waals surface area (Å²) in [6, 6.07) is 11.7. The molecular weight excluding hydrogens is 466 g/mol. The average molecular weight is 490 g/mol. The van der Waals surface area contributed by atoms with Crippen molar-refractivity contribution in [1.82, 2.24) is 15.5 Å². The highest BCUT2D eigenvalue weighted by Crippen LogP contribution is 2.25. The molecular formula is C21H24BrN5O2S. The minimum atomic E-state index is -0.0891. The monoisotopic (exact) mass is 489 g/mol. The molecule has 0 spiro atoms. The van der Waals surface area contributed by atoms with Crippen molar-refractivity contribution in [2.24, 2.45) is 5.92 Å². The van der Waals surface area contributed by atoms with Gasteiger partial charge >= 0.3 is 0 Å². The summed E-state index contributed by atoms with van der Waals surface area (Å²) in [6.07, 6.45) is 4.10. The van der Waals surface area contributed by atoms with Crippen molar-refractivity contribution in [3.05, 3.63) is 40.9 Å². The Kier molecular flexibility index (Phi) is 6.89. The van der Waals surface area contributed by atoms with Crippen molar-refractivity contribution in [3.8, 4) is 0 Å². The van der Waals surface area contributed by atoms with E-state index in [4.69, 9.17) is 0 Å². The predicted molar refractivity (Wildman–Crippen MR) is 122 cm³/mol. The van der Waals surface area contributed by atoms with Gasteiger partial charge in [0.2, 0.25) is 11.8 Å². The van der Waals surface area contributed by atoms with E-state index in [9.17, 15) is 9.59 Å². The second kappa shape index (κ2) is 9.78. The Morgan fingerprint density at radius 2 is 1.90 bits per heavy atom. The summed E-state index contributed by atoms with van der Waals surface area (Å²) in [5.74, 6) is 1.13. The maximum Gasteiger partial charge on any atom is 0.234 e.